The Morgan fingerprint density at radius 3 is 2.27 bits per heavy atom. The second-order valence-electron chi connectivity index (χ2n) is 7.28. The predicted octanol–water partition coefficient (Wildman–Crippen LogP) is 3.76. The number of methoxy groups -OCH3 is 1. The molecule has 0 radical (unpaired) electrons. The summed E-state index contributed by atoms with van der Waals surface area (Å²) < 4.78 is 43.9. The third-order valence-electron chi connectivity index (χ3n) is 5.10. The van der Waals surface area contributed by atoms with Crippen molar-refractivity contribution in [3.63, 3.8) is 0 Å². The van der Waals surface area contributed by atoms with Crippen molar-refractivity contribution in [2.24, 2.45) is 0 Å². The van der Waals surface area contributed by atoms with Gasteiger partial charge in [-0.2, -0.15) is 4.31 Å². The number of sulfonamides is 1. The van der Waals surface area contributed by atoms with Crippen molar-refractivity contribution < 1.29 is 27.4 Å². The molecule has 1 amide bonds. The topological polar surface area (TPSA) is 94.2 Å². The molecule has 0 aromatic heterocycles. The van der Waals surface area contributed by atoms with Crippen LogP contribution >= 0.6 is 0 Å². The molecule has 0 unspecified atom stereocenters. The van der Waals surface area contributed by atoms with Gasteiger partial charge in [0.15, 0.2) is 0 Å². The summed E-state index contributed by atoms with van der Waals surface area (Å²) >= 11 is 0. The van der Waals surface area contributed by atoms with Crippen LogP contribution in [0.3, 0.4) is 0 Å². The summed E-state index contributed by atoms with van der Waals surface area (Å²) in [6, 6.07) is 20.5. The van der Waals surface area contributed by atoms with E-state index in [0.29, 0.717) is 36.0 Å². The third kappa shape index (κ3) is 5.33. The van der Waals surface area contributed by atoms with Gasteiger partial charge >= 0.3 is 0 Å². The maximum Gasteiger partial charge on any atom is 0.255 e. The van der Waals surface area contributed by atoms with E-state index in [0.717, 1.165) is 0 Å². The van der Waals surface area contributed by atoms with Gasteiger partial charge in [-0.25, -0.2) is 8.42 Å². The molecular weight excluding hydrogens is 444 g/mol. The minimum atomic E-state index is -3.80. The average Bonchev–Trinajstić information content (AvgIpc) is 2.85. The molecule has 3 aromatic rings. The first-order valence-electron chi connectivity index (χ1n) is 10.4. The van der Waals surface area contributed by atoms with Crippen LogP contribution in [0.1, 0.15) is 10.4 Å². The van der Waals surface area contributed by atoms with Gasteiger partial charge in [-0.15, -0.1) is 0 Å². The largest absolute Gasteiger partial charge is 0.495 e. The highest BCUT2D eigenvalue weighted by Gasteiger charge is 2.29. The molecule has 3 aromatic carbocycles. The van der Waals surface area contributed by atoms with Crippen LogP contribution in [0.25, 0.3) is 0 Å². The van der Waals surface area contributed by atoms with Gasteiger partial charge in [0.1, 0.15) is 22.1 Å². The number of carbonyl (C=O) groups is 1. The zero-order valence-corrected chi connectivity index (χ0v) is 18.9. The molecule has 172 valence electrons. The molecule has 4 rings (SSSR count). The standard InChI is InChI=1S/C24H24N2O6S/c1-30-22-12-9-19(17-23(22)33(28,29)26-13-15-31-16-14-26)25-24(27)18-7-10-21(11-8-18)32-20-5-3-2-4-6-20/h2-12,17H,13-16H2,1H3,(H,25,27). The second-order valence-corrected chi connectivity index (χ2v) is 9.18. The van der Waals surface area contributed by atoms with Crippen LogP contribution in [0.15, 0.2) is 77.7 Å². The SMILES string of the molecule is COc1ccc(NC(=O)c2ccc(Oc3ccccc3)cc2)cc1S(=O)(=O)N1CCOCC1. The van der Waals surface area contributed by atoms with E-state index in [1.807, 2.05) is 30.3 Å². The van der Waals surface area contributed by atoms with Crippen molar-refractivity contribution in [3.05, 3.63) is 78.4 Å². The van der Waals surface area contributed by atoms with E-state index < -0.39 is 10.0 Å². The molecule has 33 heavy (non-hydrogen) atoms. The van der Waals surface area contributed by atoms with E-state index in [-0.39, 0.29) is 29.6 Å². The molecule has 0 spiro atoms. The number of carbonyl (C=O) groups excluding carboxylic acids is 1. The number of hydrogen-bond donors (Lipinski definition) is 1. The van der Waals surface area contributed by atoms with Crippen LogP contribution in [-0.4, -0.2) is 52.0 Å². The number of hydrogen-bond acceptors (Lipinski definition) is 6. The molecule has 0 saturated carbocycles. The van der Waals surface area contributed by atoms with Crippen molar-refractivity contribution in [2.75, 3.05) is 38.7 Å². The van der Waals surface area contributed by atoms with E-state index in [2.05, 4.69) is 5.32 Å². The van der Waals surface area contributed by atoms with Crippen LogP contribution in [-0.2, 0) is 14.8 Å². The van der Waals surface area contributed by atoms with Gasteiger partial charge in [0.2, 0.25) is 10.0 Å². The van der Waals surface area contributed by atoms with E-state index in [9.17, 15) is 13.2 Å². The Hall–Kier alpha value is -3.40. The molecule has 0 aliphatic carbocycles. The summed E-state index contributed by atoms with van der Waals surface area (Å²) in [6.45, 7) is 1.20. The lowest BCUT2D eigenvalue weighted by molar-refractivity contribution is 0.0729. The highest BCUT2D eigenvalue weighted by molar-refractivity contribution is 7.89. The Morgan fingerprint density at radius 1 is 0.939 bits per heavy atom. The number of ether oxygens (including phenoxy) is 3. The highest BCUT2D eigenvalue weighted by atomic mass is 32.2. The number of rotatable bonds is 7. The van der Waals surface area contributed by atoms with E-state index in [4.69, 9.17) is 14.2 Å². The maximum absolute atomic E-state index is 13.1. The number of nitrogens with zero attached hydrogens (tertiary/aromatic N) is 1. The van der Waals surface area contributed by atoms with Gasteiger partial charge in [0.25, 0.3) is 5.91 Å². The molecule has 9 heteroatoms. The Balaban J connectivity index is 1.50. The molecule has 1 fully saturated rings. The average molecular weight is 469 g/mol. The van der Waals surface area contributed by atoms with Crippen LogP contribution in [0.4, 0.5) is 5.69 Å². The number of anilines is 1. The molecule has 8 nitrogen and oxygen atoms in total. The Labute approximate surface area is 192 Å². The molecule has 1 heterocycles. The summed E-state index contributed by atoms with van der Waals surface area (Å²) in [7, 11) is -2.39. The second kappa shape index (κ2) is 10.0. The lowest BCUT2D eigenvalue weighted by Crippen LogP contribution is -2.40. The molecule has 0 bridgehead atoms. The van der Waals surface area contributed by atoms with Gasteiger partial charge < -0.3 is 19.5 Å². The Morgan fingerprint density at radius 2 is 1.61 bits per heavy atom. The van der Waals surface area contributed by atoms with E-state index in [1.54, 1.807) is 30.3 Å². The van der Waals surface area contributed by atoms with E-state index in [1.165, 1.54) is 23.5 Å². The minimum absolute atomic E-state index is 0.00342. The molecule has 1 aliphatic rings. The first-order valence-corrected chi connectivity index (χ1v) is 11.8. The quantitative estimate of drug-likeness (QED) is 0.568. The number of para-hydroxylation sites is 1. The molecule has 1 saturated heterocycles. The minimum Gasteiger partial charge on any atom is -0.495 e. The molecule has 1 N–H and O–H groups in total. The highest BCUT2D eigenvalue weighted by Crippen LogP contribution is 2.30. The fourth-order valence-electron chi connectivity index (χ4n) is 3.38. The lowest BCUT2D eigenvalue weighted by Gasteiger charge is -2.26. The van der Waals surface area contributed by atoms with Crippen LogP contribution in [0.2, 0.25) is 0 Å². The molecular formula is C24H24N2O6S. The van der Waals surface area contributed by atoms with Crippen LogP contribution in [0.5, 0.6) is 17.2 Å². The van der Waals surface area contributed by atoms with Crippen molar-refractivity contribution in [1.29, 1.82) is 0 Å². The first-order chi connectivity index (χ1) is 16.0. The summed E-state index contributed by atoms with van der Waals surface area (Å²) in [6.07, 6.45) is 0. The first kappa shape index (κ1) is 22.8. The summed E-state index contributed by atoms with van der Waals surface area (Å²) in [5.41, 5.74) is 0.751. The molecule has 1 aliphatic heterocycles. The zero-order valence-electron chi connectivity index (χ0n) is 18.1. The predicted molar refractivity (Wildman–Crippen MR) is 123 cm³/mol. The van der Waals surface area contributed by atoms with Crippen molar-refractivity contribution in [1.82, 2.24) is 4.31 Å². The fraction of sp³-hybridized carbons (Fsp3) is 0.208. The summed E-state index contributed by atoms with van der Waals surface area (Å²) in [5.74, 6) is 1.13. The maximum atomic E-state index is 13.1. The normalized spacial score (nSPS) is 14.5. The van der Waals surface area contributed by atoms with Gasteiger partial charge in [0, 0.05) is 24.3 Å². The number of nitrogens with one attached hydrogen (secondary N) is 1. The smallest absolute Gasteiger partial charge is 0.255 e. The zero-order chi connectivity index (χ0) is 23.3. The monoisotopic (exact) mass is 468 g/mol. The molecule has 0 atom stereocenters. The Kier molecular flexibility index (Phi) is 6.93. The third-order valence-corrected chi connectivity index (χ3v) is 7.02. The number of amides is 1. The van der Waals surface area contributed by atoms with Gasteiger partial charge in [-0.05, 0) is 54.6 Å². The summed E-state index contributed by atoms with van der Waals surface area (Å²) in [4.78, 5) is 12.7. The van der Waals surface area contributed by atoms with Gasteiger partial charge in [-0.1, -0.05) is 18.2 Å². The van der Waals surface area contributed by atoms with Crippen molar-refractivity contribution in [3.8, 4) is 17.2 Å². The Bertz CT molecular complexity index is 1210. The van der Waals surface area contributed by atoms with Crippen molar-refractivity contribution in [2.45, 2.75) is 4.90 Å². The van der Waals surface area contributed by atoms with Gasteiger partial charge in [0.05, 0.1) is 20.3 Å². The van der Waals surface area contributed by atoms with Crippen LogP contribution in [0, 0.1) is 0 Å². The number of morpholine rings is 1. The lowest BCUT2D eigenvalue weighted by atomic mass is 10.2. The van der Waals surface area contributed by atoms with Crippen LogP contribution < -0.4 is 14.8 Å². The summed E-state index contributed by atoms with van der Waals surface area (Å²) in [5, 5.41) is 2.75. The number of benzene rings is 3. The fourth-order valence-corrected chi connectivity index (χ4v) is 4.97. The van der Waals surface area contributed by atoms with Gasteiger partial charge in [-0.3, -0.25) is 4.79 Å². The van der Waals surface area contributed by atoms with Crippen molar-refractivity contribution >= 4 is 21.6 Å². The van der Waals surface area contributed by atoms with E-state index >= 15 is 0 Å².